The van der Waals surface area contributed by atoms with Crippen LogP contribution >= 0.6 is 0 Å². The lowest BCUT2D eigenvalue weighted by Crippen LogP contribution is -2.41. The largest absolute Gasteiger partial charge is 0.555 e. The molecule has 3 nitrogen and oxygen atoms in total. The van der Waals surface area contributed by atoms with Crippen LogP contribution in [0.2, 0.25) is 0 Å². The average Bonchev–Trinajstić information content (AvgIpc) is 2.03. The second kappa shape index (κ2) is 2.47. The highest BCUT2D eigenvalue weighted by Gasteiger charge is 2.50. The lowest BCUT2D eigenvalue weighted by molar-refractivity contribution is 0.00578. The van der Waals surface area contributed by atoms with E-state index in [4.69, 9.17) is 9.31 Å². The van der Waals surface area contributed by atoms with E-state index in [1.54, 1.807) is 0 Å². The molecule has 1 N–H and O–H groups in total. The van der Waals surface area contributed by atoms with Gasteiger partial charge in [0.05, 0.1) is 11.2 Å². The Morgan fingerprint density at radius 3 is 1.55 bits per heavy atom. The molecular weight excluding hydrogens is 141 g/mol. The van der Waals surface area contributed by atoms with Gasteiger partial charge >= 0.3 is 7.25 Å². The van der Waals surface area contributed by atoms with Crippen LogP contribution in [-0.2, 0) is 9.31 Å². The minimum atomic E-state index is -0.264. The van der Waals surface area contributed by atoms with Crippen LogP contribution in [-0.4, -0.2) is 25.5 Å². The lowest BCUT2D eigenvalue weighted by atomic mass is 9.90. The fraction of sp³-hybridized carbons (Fsp3) is 1.00. The van der Waals surface area contributed by atoms with E-state index in [1.165, 1.54) is 0 Å². The molecule has 4 heteroatoms. The van der Waals surface area contributed by atoms with E-state index in [0.717, 1.165) is 0 Å². The Morgan fingerprint density at radius 1 is 1.00 bits per heavy atom. The normalized spacial score (nSPS) is 27.5. The number of nitrogens with one attached hydrogen (secondary N) is 1. The molecule has 1 fully saturated rings. The van der Waals surface area contributed by atoms with Crippen LogP contribution in [0.15, 0.2) is 0 Å². The molecule has 0 aromatic rings. The van der Waals surface area contributed by atoms with Crippen molar-refractivity contribution in [3.8, 4) is 0 Å². The highest BCUT2D eigenvalue weighted by atomic mass is 16.7. The van der Waals surface area contributed by atoms with Crippen molar-refractivity contribution < 1.29 is 9.31 Å². The Balaban J connectivity index is 2.72. The molecule has 1 rings (SSSR count). The first-order valence-corrected chi connectivity index (χ1v) is 3.92. The highest BCUT2D eigenvalue weighted by Crippen LogP contribution is 2.35. The molecule has 0 bridgehead atoms. The second-order valence-corrected chi connectivity index (χ2v) is 3.88. The molecule has 64 valence electrons. The first-order chi connectivity index (χ1) is 4.89. The van der Waals surface area contributed by atoms with Crippen LogP contribution in [0.1, 0.15) is 27.7 Å². The van der Waals surface area contributed by atoms with Crippen LogP contribution in [0, 0.1) is 0 Å². The average molecular weight is 157 g/mol. The Hall–Kier alpha value is -0.0551. The topological polar surface area (TPSA) is 30.5 Å². The molecule has 0 aromatic carbocycles. The first kappa shape index (κ1) is 9.04. The zero-order chi connectivity index (χ0) is 8.70. The van der Waals surface area contributed by atoms with Crippen molar-refractivity contribution >= 4 is 7.25 Å². The van der Waals surface area contributed by atoms with E-state index in [1.807, 2.05) is 34.7 Å². The van der Waals surface area contributed by atoms with Crippen LogP contribution in [0.5, 0.6) is 0 Å². The van der Waals surface area contributed by atoms with Gasteiger partial charge in [-0.1, -0.05) is 0 Å². The van der Waals surface area contributed by atoms with Crippen LogP contribution in [0.25, 0.3) is 0 Å². The van der Waals surface area contributed by atoms with Crippen molar-refractivity contribution in [2.75, 3.05) is 7.05 Å². The lowest BCUT2D eigenvalue weighted by Gasteiger charge is -2.32. The Kier molecular flexibility index (Phi) is 2.03. The maximum atomic E-state index is 5.58. The molecule has 0 aromatic heterocycles. The summed E-state index contributed by atoms with van der Waals surface area (Å²) >= 11 is 0. The second-order valence-electron chi connectivity index (χ2n) is 3.88. The summed E-state index contributed by atoms with van der Waals surface area (Å²) in [6, 6.07) is 0. The first-order valence-electron chi connectivity index (χ1n) is 3.92. The van der Waals surface area contributed by atoms with E-state index in [-0.39, 0.29) is 18.5 Å². The highest BCUT2D eigenvalue weighted by molar-refractivity contribution is 6.42. The minimum absolute atomic E-state index is 0.222. The van der Waals surface area contributed by atoms with E-state index in [2.05, 4.69) is 5.23 Å². The van der Waals surface area contributed by atoms with Gasteiger partial charge in [-0.05, 0) is 34.7 Å². The summed E-state index contributed by atoms with van der Waals surface area (Å²) in [4.78, 5) is 0. The summed E-state index contributed by atoms with van der Waals surface area (Å²) in [7, 11) is 1.56. The van der Waals surface area contributed by atoms with Gasteiger partial charge < -0.3 is 14.5 Å². The SMILES string of the molecule is CNB1OC(C)(C)C(C)(C)O1. The molecule has 0 aliphatic carbocycles. The molecule has 1 aliphatic heterocycles. The molecule has 0 saturated carbocycles. The molecule has 11 heavy (non-hydrogen) atoms. The Labute approximate surface area is 68.6 Å². The van der Waals surface area contributed by atoms with Gasteiger partial charge in [0.2, 0.25) is 0 Å². The summed E-state index contributed by atoms with van der Waals surface area (Å²) in [5.74, 6) is 0. The molecule has 0 spiro atoms. The van der Waals surface area contributed by atoms with Crippen molar-refractivity contribution in [3.05, 3.63) is 0 Å². The number of hydrogen-bond donors (Lipinski definition) is 1. The minimum Gasteiger partial charge on any atom is -0.389 e. The third kappa shape index (κ3) is 1.43. The van der Waals surface area contributed by atoms with Crippen LogP contribution < -0.4 is 5.23 Å². The molecule has 1 heterocycles. The molecular formula is C7H16BNO2. The van der Waals surface area contributed by atoms with Crippen molar-refractivity contribution in [2.24, 2.45) is 0 Å². The standard InChI is InChI=1S/C7H16BNO2/c1-6(2)7(3,4)11-8(9-5)10-6/h9H,1-5H3. The van der Waals surface area contributed by atoms with Crippen molar-refractivity contribution in [3.63, 3.8) is 0 Å². The third-order valence-corrected chi connectivity index (χ3v) is 2.49. The maximum absolute atomic E-state index is 5.58. The van der Waals surface area contributed by atoms with E-state index >= 15 is 0 Å². The van der Waals surface area contributed by atoms with E-state index in [0.29, 0.717) is 0 Å². The van der Waals surface area contributed by atoms with E-state index in [9.17, 15) is 0 Å². The zero-order valence-corrected chi connectivity index (χ0v) is 7.89. The Morgan fingerprint density at radius 2 is 1.36 bits per heavy atom. The Bertz CT molecular complexity index is 143. The molecule has 0 amide bonds. The van der Waals surface area contributed by atoms with Gasteiger partial charge in [-0.3, -0.25) is 0 Å². The molecule has 1 aliphatic rings. The van der Waals surface area contributed by atoms with Gasteiger partial charge in [-0.2, -0.15) is 0 Å². The summed E-state index contributed by atoms with van der Waals surface area (Å²) in [6.07, 6.45) is 0. The predicted octanol–water partition coefficient (Wildman–Crippen LogP) is 0.795. The summed E-state index contributed by atoms with van der Waals surface area (Å²) in [5.41, 5.74) is -0.443. The van der Waals surface area contributed by atoms with Crippen molar-refractivity contribution in [2.45, 2.75) is 38.9 Å². The number of rotatable bonds is 1. The van der Waals surface area contributed by atoms with Gasteiger partial charge in [0, 0.05) is 0 Å². The maximum Gasteiger partial charge on any atom is 0.555 e. The van der Waals surface area contributed by atoms with Crippen molar-refractivity contribution in [1.82, 2.24) is 5.23 Å². The fourth-order valence-electron chi connectivity index (χ4n) is 0.961. The summed E-state index contributed by atoms with van der Waals surface area (Å²) < 4.78 is 11.2. The van der Waals surface area contributed by atoms with Gasteiger partial charge in [0.15, 0.2) is 0 Å². The monoisotopic (exact) mass is 157 g/mol. The molecule has 0 atom stereocenters. The van der Waals surface area contributed by atoms with Gasteiger partial charge in [0.1, 0.15) is 0 Å². The summed E-state index contributed by atoms with van der Waals surface area (Å²) in [6.45, 7) is 8.13. The van der Waals surface area contributed by atoms with Gasteiger partial charge in [-0.25, -0.2) is 0 Å². The van der Waals surface area contributed by atoms with Crippen LogP contribution in [0.3, 0.4) is 0 Å². The fourth-order valence-corrected chi connectivity index (χ4v) is 0.961. The van der Waals surface area contributed by atoms with Gasteiger partial charge in [0.25, 0.3) is 0 Å². The number of hydrogen-bond acceptors (Lipinski definition) is 3. The summed E-state index contributed by atoms with van der Waals surface area (Å²) in [5, 5.41) is 2.93. The third-order valence-electron chi connectivity index (χ3n) is 2.49. The van der Waals surface area contributed by atoms with E-state index < -0.39 is 0 Å². The van der Waals surface area contributed by atoms with Crippen molar-refractivity contribution in [1.29, 1.82) is 0 Å². The predicted molar refractivity (Wildman–Crippen MR) is 45.1 cm³/mol. The quantitative estimate of drug-likeness (QED) is 0.571. The zero-order valence-electron chi connectivity index (χ0n) is 7.89. The molecule has 0 unspecified atom stereocenters. The van der Waals surface area contributed by atoms with Crippen LogP contribution in [0.4, 0.5) is 0 Å². The molecule has 1 saturated heterocycles. The smallest absolute Gasteiger partial charge is 0.389 e. The molecule has 0 radical (unpaired) electrons. The van der Waals surface area contributed by atoms with Gasteiger partial charge in [-0.15, -0.1) is 0 Å².